The maximum atomic E-state index is 13.1. The first kappa shape index (κ1) is 14.7. The van der Waals surface area contributed by atoms with Crippen LogP contribution in [0.15, 0.2) is 24.4 Å². The number of morpholine rings is 1. The van der Waals surface area contributed by atoms with Crippen LogP contribution in [0, 0.1) is 0 Å². The van der Waals surface area contributed by atoms with Gasteiger partial charge in [-0.15, -0.1) is 0 Å². The molecule has 1 N–H and O–H groups in total. The number of carbonyl (C=O) groups is 1. The highest BCUT2D eigenvalue weighted by Crippen LogP contribution is 2.40. The predicted molar refractivity (Wildman–Crippen MR) is 84.5 cm³/mol. The Morgan fingerprint density at radius 2 is 2.26 bits per heavy atom. The Bertz CT molecular complexity index is 738. The molecule has 1 amide bonds. The van der Waals surface area contributed by atoms with Crippen LogP contribution in [0.4, 0.5) is 0 Å². The van der Waals surface area contributed by atoms with Crippen molar-refractivity contribution < 1.29 is 14.6 Å². The van der Waals surface area contributed by atoms with Gasteiger partial charge in [-0.1, -0.05) is 6.07 Å². The second-order valence-electron chi connectivity index (χ2n) is 6.49. The molecule has 2 aliphatic rings. The number of aliphatic hydroxyl groups is 1. The number of carbonyl (C=O) groups excluding carboxylic acids is 1. The summed E-state index contributed by atoms with van der Waals surface area (Å²) in [6.45, 7) is 2.73. The number of fused-ring (bicyclic) bond motifs is 1. The first-order valence-corrected chi connectivity index (χ1v) is 8.19. The van der Waals surface area contributed by atoms with Crippen LogP contribution in [0.25, 0.3) is 5.52 Å². The molecule has 6 heteroatoms. The summed E-state index contributed by atoms with van der Waals surface area (Å²) in [5, 5.41) is 9.32. The molecular formula is C17H21N3O3. The molecule has 1 aliphatic carbocycles. The largest absolute Gasteiger partial charge is 0.394 e. The van der Waals surface area contributed by atoms with Crippen molar-refractivity contribution >= 4 is 11.4 Å². The lowest BCUT2D eigenvalue weighted by atomic mass is 10.1. The average molecular weight is 315 g/mol. The molecule has 2 aromatic rings. The zero-order chi connectivity index (χ0) is 16.0. The molecule has 3 heterocycles. The number of pyridine rings is 1. The van der Waals surface area contributed by atoms with Crippen LogP contribution in [0.5, 0.6) is 0 Å². The standard InChI is InChI=1S/C17H21N3O3/c1-11-10-23-13(9-21)8-20(11)17(22)15-14-4-2-3-7-19(14)16(18-15)12-5-6-12/h2-4,7,11-13,21H,5-6,8-10H2,1H3. The summed E-state index contributed by atoms with van der Waals surface area (Å²) in [5.74, 6) is 1.39. The van der Waals surface area contributed by atoms with Gasteiger partial charge < -0.3 is 19.1 Å². The van der Waals surface area contributed by atoms with E-state index >= 15 is 0 Å². The van der Waals surface area contributed by atoms with Crippen molar-refractivity contribution in [3.63, 3.8) is 0 Å². The van der Waals surface area contributed by atoms with E-state index < -0.39 is 0 Å². The molecule has 0 aromatic carbocycles. The van der Waals surface area contributed by atoms with Gasteiger partial charge in [0.2, 0.25) is 0 Å². The summed E-state index contributed by atoms with van der Waals surface area (Å²) in [6.07, 6.45) is 3.95. The smallest absolute Gasteiger partial charge is 0.275 e. The Balaban J connectivity index is 1.72. The van der Waals surface area contributed by atoms with E-state index in [1.54, 1.807) is 4.90 Å². The van der Waals surface area contributed by atoms with E-state index in [1.165, 1.54) is 0 Å². The number of hydrogen-bond acceptors (Lipinski definition) is 4. The number of ether oxygens (including phenoxy) is 1. The van der Waals surface area contributed by atoms with Crippen molar-refractivity contribution in [3.05, 3.63) is 35.9 Å². The van der Waals surface area contributed by atoms with Crippen LogP contribution in [-0.2, 0) is 4.74 Å². The molecular weight excluding hydrogens is 294 g/mol. The van der Waals surface area contributed by atoms with Gasteiger partial charge in [0, 0.05) is 18.7 Å². The molecule has 2 fully saturated rings. The lowest BCUT2D eigenvalue weighted by Gasteiger charge is -2.37. The second kappa shape index (κ2) is 5.62. The second-order valence-corrected chi connectivity index (χ2v) is 6.49. The van der Waals surface area contributed by atoms with Crippen LogP contribution in [-0.4, -0.2) is 57.2 Å². The Hall–Kier alpha value is -1.92. The molecule has 0 bridgehead atoms. The van der Waals surface area contributed by atoms with Crippen molar-refractivity contribution in [2.45, 2.75) is 37.8 Å². The monoisotopic (exact) mass is 315 g/mol. The molecule has 1 aliphatic heterocycles. The SMILES string of the molecule is CC1COC(CO)CN1C(=O)c1nc(C2CC2)n2ccccc12. The highest BCUT2D eigenvalue weighted by Gasteiger charge is 2.34. The summed E-state index contributed by atoms with van der Waals surface area (Å²) in [4.78, 5) is 19.5. The normalized spacial score (nSPS) is 25.0. The molecule has 122 valence electrons. The van der Waals surface area contributed by atoms with E-state index in [-0.39, 0.29) is 24.7 Å². The number of hydrogen-bond donors (Lipinski definition) is 1. The van der Waals surface area contributed by atoms with E-state index in [2.05, 4.69) is 4.98 Å². The van der Waals surface area contributed by atoms with Crippen LogP contribution in [0.2, 0.25) is 0 Å². The molecule has 6 nitrogen and oxygen atoms in total. The van der Waals surface area contributed by atoms with Crippen molar-refractivity contribution in [3.8, 4) is 0 Å². The van der Waals surface area contributed by atoms with E-state index in [4.69, 9.17) is 4.74 Å². The summed E-state index contributed by atoms with van der Waals surface area (Å²) in [6, 6.07) is 5.83. The maximum Gasteiger partial charge on any atom is 0.275 e. The van der Waals surface area contributed by atoms with Crippen molar-refractivity contribution in [1.29, 1.82) is 0 Å². The van der Waals surface area contributed by atoms with Gasteiger partial charge in [-0.25, -0.2) is 4.98 Å². The zero-order valence-corrected chi connectivity index (χ0v) is 13.2. The zero-order valence-electron chi connectivity index (χ0n) is 13.2. The van der Waals surface area contributed by atoms with E-state index in [9.17, 15) is 9.90 Å². The van der Waals surface area contributed by atoms with Crippen LogP contribution in [0.3, 0.4) is 0 Å². The van der Waals surface area contributed by atoms with E-state index in [0.29, 0.717) is 24.8 Å². The molecule has 2 unspecified atom stereocenters. The molecule has 0 spiro atoms. The molecule has 2 atom stereocenters. The fraction of sp³-hybridized carbons (Fsp3) is 0.529. The minimum Gasteiger partial charge on any atom is -0.394 e. The van der Waals surface area contributed by atoms with E-state index in [1.807, 2.05) is 35.7 Å². The number of amides is 1. The van der Waals surface area contributed by atoms with Gasteiger partial charge in [-0.05, 0) is 31.9 Å². The first-order chi connectivity index (χ1) is 11.2. The highest BCUT2D eigenvalue weighted by atomic mass is 16.5. The maximum absolute atomic E-state index is 13.1. The quantitative estimate of drug-likeness (QED) is 0.930. The van der Waals surface area contributed by atoms with Crippen LogP contribution in [0.1, 0.15) is 42.0 Å². The minimum atomic E-state index is -0.313. The summed E-state index contributed by atoms with van der Waals surface area (Å²) in [7, 11) is 0. The predicted octanol–water partition coefficient (Wildman–Crippen LogP) is 1.43. The highest BCUT2D eigenvalue weighted by molar-refractivity contribution is 5.99. The fourth-order valence-electron chi connectivity index (χ4n) is 3.20. The number of aliphatic hydroxyl groups excluding tert-OH is 1. The summed E-state index contributed by atoms with van der Waals surface area (Å²) >= 11 is 0. The topological polar surface area (TPSA) is 67.1 Å². The van der Waals surface area contributed by atoms with Crippen molar-refractivity contribution in [2.75, 3.05) is 19.8 Å². The third-order valence-corrected chi connectivity index (χ3v) is 4.69. The van der Waals surface area contributed by atoms with Crippen molar-refractivity contribution in [1.82, 2.24) is 14.3 Å². The molecule has 23 heavy (non-hydrogen) atoms. The lowest BCUT2D eigenvalue weighted by molar-refractivity contribution is -0.0668. The van der Waals surface area contributed by atoms with Gasteiger partial charge in [0.05, 0.1) is 30.9 Å². The number of rotatable bonds is 3. The van der Waals surface area contributed by atoms with Gasteiger partial charge in [-0.3, -0.25) is 4.79 Å². The Morgan fingerprint density at radius 1 is 1.43 bits per heavy atom. The van der Waals surface area contributed by atoms with Crippen LogP contribution >= 0.6 is 0 Å². The Kier molecular flexibility index (Phi) is 3.58. The molecule has 2 aromatic heterocycles. The lowest BCUT2D eigenvalue weighted by Crippen LogP contribution is -2.52. The van der Waals surface area contributed by atoms with Gasteiger partial charge in [0.15, 0.2) is 5.69 Å². The number of imidazole rings is 1. The fourth-order valence-corrected chi connectivity index (χ4v) is 3.20. The third-order valence-electron chi connectivity index (χ3n) is 4.69. The molecule has 0 radical (unpaired) electrons. The number of nitrogens with zero attached hydrogens (tertiary/aromatic N) is 3. The first-order valence-electron chi connectivity index (χ1n) is 8.19. The summed E-state index contributed by atoms with van der Waals surface area (Å²) in [5.41, 5.74) is 1.37. The van der Waals surface area contributed by atoms with Crippen LogP contribution < -0.4 is 0 Å². The average Bonchev–Trinajstić information content (AvgIpc) is 3.35. The Morgan fingerprint density at radius 3 is 3.00 bits per heavy atom. The van der Waals surface area contributed by atoms with Gasteiger partial charge in [0.25, 0.3) is 5.91 Å². The third kappa shape index (κ3) is 2.52. The van der Waals surface area contributed by atoms with Gasteiger partial charge in [-0.2, -0.15) is 0 Å². The Labute approximate surface area is 134 Å². The van der Waals surface area contributed by atoms with E-state index in [0.717, 1.165) is 24.2 Å². The molecule has 1 saturated carbocycles. The molecule has 1 saturated heterocycles. The summed E-state index contributed by atoms with van der Waals surface area (Å²) < 4.78 is 7.57. The van der Waals surface area contributed by atoms with Gasteiger partial charge >= 0.3 is 0 Å². The molecule has 4 rings (SSSR count). The minimum absolute atomic E-state index is 0.0184. The van der Waals surface area contributed by atoms with Gasteiger partial charge in [0.1, 0.15) is 5.82 Å². The number of aromatic nitrogens is 2. The van der Waals surface area contributed by atoms with Crippen molar-refractivity contribution in [2.24, 2.45) is 0 Å².